The Morgan fingerprint density at radius 3 is 2.80 bits per heavy atom. The van der Waals surface area contributed by atoms with E-state index in [1.807, 2.05) is 0 Å². The normalized spacial score (nSPS) is 26.1. The van der Waals surface area contributed by atoms with Gasteiger partial charge in [0.05, 0.1) is 0 Å². The van der Waals surface area contributed by atoms with Crippen LogP contribution in [0.25, 0.3) is 0 Å². The third-order valence-electron chi connectivity index (χ3n) is 1.99. The van der Waals surface area contributed by atoms with Crippen LogP contribution in [0.1, 0.15) is 19.3 Å². The summed E-state index contributed by atoms with van der Waals surface area (Å²) in [6, 6.07) is 0.683. The van der Waals surface area contributed by atoms with Crippen molar-refractivity contribution < 1.29 is 0 Å². The van der Waals surface area contributed by atoms with Crippen molar-refractivity contribution >= 4 is 0 Å². The van der Waals surface area contributed by atoms with Crippen LogP contribution in [0.2, 0.25) is 0 Å². The molecule has 0 amide bonds. The van der Waals surface area contributed by atoms with E-state index in [0.717, 1.165) is 6.54 Å². The Morgan fingerprint density at radius 1 is 1.50 bits per heavy atom. The zero-order valence-electron chi connectivity index (χ0n) is 7.01. The summed E-state index contributed by atoms with van der Waals surface area (Å²) in [7, 11) is 4.24. The molecule has 1 rings (SSSR count). The second-order valence-corrected chi connectivity index (χ2v) is 3.29. The minimum Gasteiger partial charge on any atom is -0.309 e. The third-order valence-corrected chi connectivity index (χ3v) is 1.99. The second-order valence-electron chi connectivity index (χ2n) is 3.29. The average molecular weight is 141 g/mol. The standard InChI is InChI=1S/C8H17N2/c1-10(2)7-5-8-4-3-6-9-8/h8H,3-7H2,1-2H3. The lowest BCUT2D eigenvalue weighted by Gasteiger charge is -2.12. The van der Waals surface area contributed by atoms with Gasteiger partial charge in [-0.05, 0) is 39.9 Å². The fraction of sp³-hybridized carbons (Fsp3) is 1.00. The molecule has 0 aliphatic carbocycles. The molecule has 1 aliphatic rings. The van der Waals surface area contributed by atoms with Crippen LogP contribution in [-0.2, 0) is 0 Å². The molecule has 1 fully saturated rings. The first-order chi connectivity index (χ1) is 4.79. The van der Waals surface area contributed by atoms with E-state index in [-0.39, 0.29) is 0 Å². The van der Waals surface area contributed by atoms with E-state index in [1.165, 1.54) is 25.8 Å². The van der Waals surface area contributed by atoms with Gasteiger partial charge in [-0.3, -0.25) is 0 Å². The molecule has 1 unspecified atom stereocenters. The summed E-state index contributed by atoms with van der Waals surface area (Å²) in [5.74, 6) is 0. The topological polar surface area (TPSA) is 17.3 Å². The van der Waals surface area contributed by atoms with Gasteiger partial charge in [0.25, 0.3) is 0 Å². The van der Waals surface area contributed by atoms with Crippen LogP contribution < -0.4 is 5.32 Å². The van der Waals surface area contributed by atoms with E-state index in [2.05, 4.69) is 24.3 Å². The summed E-state index contributed by atoms with van der Waals surface area (Å²) in [6.45, 7) is 2.30. The summed E-state index contributed by atoms with van der Waals surface area (Å²) in [5.41, 5.74) is 0. The molecule has 0 aromatic carbocycles. The Labute approximate surface area is 63.6 Å². The van der Waals surface area contributed by atoms with E-state index in [0.29, 0.717) is 6.04 Å². The molecule has 1 aliphatic heterocycles. The molecule has 0 saturated carbocycles. The highest BCUT2D eigenvalue weighted by Gasteiger charge is 2.14. The summed E-state index contributed by atoms with van der Waals surface area (Å²) in [5, 5.41) is 4.48. The molecule has 10 heavy (non-hydrogen) atoms. The molecule has 0 aromatic rings. The van der Waals surface area contributed by atoms with Crippen LogP contribution >= 0.6 is 0 Å². The Kier molecular flexibility index (Phi) is 3.16. The quantitative estimate of drug-likeness (QED) is 0.565. The molecule has 1 radical (unpaired) electrons. The van der Waals surface area contributed by atoms with E-state index < -0.39 is 0 Å². The molecule has 0 aromatic heterocycles. The average Bonchev–Trinajstić information content (AvgIpc) is 2.34. The van der Waals surface area contributed by atoms with Crippen LogP contribution in [-0.4, -0.2) is 38.1 Å². The van der Waals surface area contributed by atoms with Crippen molar-refractivity contribution in [3.63, 3.8) is 0 Å². The Balaban J connectivity index is 2.01. The fourth-order valence-corrected chi connectivity index (χ4v) is 1.33. The summed E-state index contributed by atoms with van der Waals surface area (Å²) in [4.78, 5) is 2.23. The van der Waals surface area contributed by atoms with Gasteiger partial charge in [0, 0.05) is 12.6 Å². The number of hydrogen-bond acceptors (Lipinski definition) is 1. The monoisotopic (exact) mass is 141 g/mol. The van der Waals surface area contributed by atoms with Crippen molar-refractivity contribution in [1.29, 1.82) is 0 Å². The lowest BCUT2D eigenvalue weighted by atomic mass is 10.1. The zero-order chi connectivity index (χ0) is 7.40. The second kappa shape index (κ2) is 3.94. The highest BCUT2D eigenvalue weighted by Crippen LogP contribution is 2.10. The van der Waals surface area contributed by atoms with Gasteiger partial charge in [0.2, 0.25) is 0 Å². The van der Waals surface area contributed by atoms with Crippen LogP contribution in [0, 0.1) is 0 Å². The minimum atomic E-state index is 0.683. The SMILES string of the molecule is CN(C)CCC1CCC[N]1. The van der Waals surface area contributed by atoms with Crippen molar-refractivity contribution in [3.05, 3.63) is 0 Å². The lowest BCUT2D eigenvalue weighted by molar-refractivity contribution is 0.370. The fourth-order valence-electron chi connectivity index (χ4n) is 1.33. The molecule has 0 bridgehead atoms. The lowest BCUT2D eigenvalue weighted by Crippen LogP contribution is -2.22. The van der Waals surface area contributed by atoms with Crippen LogP contribution in [0.15, 0.2) is 0 Å². The number of nitrogens with zero attached hydrogens (tertiary/aromatic N) is 2. The molecule has 0 spiro atoms. The van der Waals surface area contributed by atoms with Gasteiger partial charge in [0.1, 0.15) is 0 Å². The van der Waals surface area contributed by atoms with Crippen LogP contribution in [0.5, 0.6) is 0 Å². The van der Waals surface area contributed by atoms with Gasteiger partial charge in [-0.15, -0.1) is 0 Å². The number of rotatable bonds is 3. The van der Waals surface area contributed by atoms with Crippen LogP contribution in [0.4, 0.5) is 0 Å². The molecule has 1 saturated heterocycles. The first-order valence-corrected chi connectivity index (χ1v) is 4.10. The van der Waals surface area contributed by atoms with Gasteiger partial charge in [-0.1, -0.05) is 0 Å². The molecule has 1 atom stereocenters. The summed E-state index contributed by atoms with van der Waals surface area (Å²) in [6.07, 6.45) is 3.90. The van der Waals surface area contributed by atoms with E-state index in [4.69, 9.17) is 0 Å². The largest absolute Gasteiger partial charge is 0.309 e. The van der Waals surface area contributed by atoms with Gasteiger partial charge in [-0.2, -0.15) is 0 Å². The maximum Gasteiger partial charge on any atom is 0.0258 e. The third kappa shape index (κ3) is 2.67. The molecular weight excluding hydrogens is 124 g/mol. The highest BCUT2D eigenvalue weighted by atomic mass is 15.1. The first-order valence-electron chi connectivity index (χ1n) is 4.10. The van der Waals surface area contributed by atoms with Crippen molar-refractivity contribution in [1.82, 2.24) is 10.2 Å². The maximum absolute atomic E-state index is 4.48. The predicted octanol–water partition coefficient (Wildman–Crippen LogP) is 0.705. The Morgan fingerprint density at radius 2 is 2.30 bits per heavy atom. The first kappa shape index (κ1) is 8.02. The minimum absolute atomic E-state index is 0.683. The van der Waals surface area contributed by atoms with Crippen LogP contribution in [0.3, 0.4) is 0 Å². The van der Waals surface area contributed by atoms with Gasteiger partial charge >= 0.3 is 0 Å². The highest BCUT2D eigenvalue weighted by molar-refractivity contribution is 4.73. The van der Waals surface area contributed by atoms with E-state index in [9.17, 15) is 0 Å². The van der Waals surface area contributed by atoms with E-state index in [1.54, 1.807) is 0 Å². The molecular formula is C8H17N2. The van der Waals surface area contributed by atoms with Crippen molar-refractivity contribution in [2.24, 2.45) is 0 Å². The van der Waals surface area contributed by atoms with Gasteiger partial charge in [-0.25, -0.2) is 5.32 Å². The van der Waals surface area contributed by atoms with Gasteiger partial charge in [0.15, 0.2) is 0 Å². The molecule has 0 N–H and O–H groups in total. The maximum atomic E-state index is 4.48. The Hall–Kier alpha value is -0.0800. The molecule has 59 valence electrons. The zero-order valence-corrected chi connectivity index (χ0v) is 7.01. The molecule has 1 heterocycles. The smallest absolute Gasteiger partial charge is 0.0258 e. The van der Waals surface area contributed by atoms with Crippen molar-refractivity contribution in [2.45, 2.75) is 25.3 Å². The Bertz CT molecular complexity index is 85.3. The molecule has 2 nitrogen and oxygen atoms in total. The summed E-state index contributed by atoms with van der Waals surface area (Å²) >= 11 is 0. The van der Waals surface area contributed by atoms with Crippen molar-refractivity contribution in [3.8, 4) is 0 Å². The van der Waals surface area contributed by atoms with Crippen molar-refractivity contribution in [2.75, 3.05) is 27.2 Å². The summed E-state index contributed by atoms with van der Waals surface area (Å²) < 4.78 is 0. The predicted molar refractivity (Wildman–Crippen MR) is 43.2 cm³/mol. The number of hydrogen-bond donors (Lipinski definition) is 0. The molecule has 2 heteroatoms. The van der Waals surface area contributed by atoms with Gasteiger partial charge < -0.3 is 4.90 Å². The van der Waals surface area contributed by atoms with E-state index >= 15 is 0 Å².